The molecular formula is C23H23N3O5. The van der Waals surface area contributed by atoms with Crippen molar-refractivity contribution < 1.29 is 24.3 Å². The number of aliphatic carboxylic acids is 1. The highest BCUT2D eigenvalue weighted by Gasteiger charge is 2.24. The monoisotopic (exact) mass is 421 g/mol. The molecule has 1 heterocycles. The normalized spacial score (nSPS) is 12.7. The summed E-state index contributed by atoms with van der Waals surface area (Å²) in [5, 5.41) is 14.7. The zero-order valence-corrected chi connectivity index (χ0v) is 16.9. The predicted molar refractivity (Wildman–Crippen MR) is 115 cm³/mol. The fraction of sp³-hybridized carbons (Fsp3) is 0.217. The molecule has 8 nitrogen and oxygen atoms in total. The fourth-order valence-corrected chi connectivity index (χ4v) is 3.34. The number of carboxylic acids is 1. The molecule has 8 heteroatoms. The molecule has 3 rings (SSSR count). The largest absolute Gasteiger partial charge is 0.481 e. The molecule has 2 amide bonds. The molecular weight excluding hydrogens is 398 g/mol. The third-order valence-electron chi connectivity index (χ3n) is 4.89. The number of hydrogen-bond acceptors (Lipinski definition) is 4. The third kappa shape index (κ3) is 5.36. The lowest BCUT2D eigenvalue weighted by molar-refractivity contribution is -0.138. The second-order valence-corrected chi connectivity index (χ2v) is 7.23. The molecule has 0 aliphatic heterocycles. The number of rotatable bonds is 9. The van der Waals surface area contributed by atoms with Crippen LogP contribution in [0.5, 0.6) is 0 Å². The number of hydrogen-bond donors (Lipinski definition) is 4. The van der Waals surface area contributed by atoms with Gasteiger partial charge in [-0.2, -0.15) is 0 Å². The molecule has 0 saturated carbocycles. The van der Waals surface area contributed by atoms with E-state index < -0.39 is 36.3 Å². The van der Waals surface area contributed by atoms with Gasteiger partial charge in [-0.05, 0) is 24.1 Å². The Balaban J connectivity index is 1.80. The first-order valence-corrected chi connectivity index (χ1v) is 9.81. The maximum atomic E-state index is 13.0. The van der Waals surface area contributed by atoms with E-state index in [0.717, 1.165) is 22.0 Å². The summed E-state index contributed by atoms with van der Waals surface area (Å²) in [5.74, 6) is -2.32. The summed E-state index contributed by atoms with van der Waals surface area (Å²) in [6, 6.07) is 15.1. The second-order valence-electron chi connectivity index (χ2n) is 7.23. The van der Waals surface area contributed by atoms with E-state index in [1.807, 2.05) is 54.6 Å². The van der Waals surface area contributed by atoms with Crippen molar-refractivity contribution in [2.75, 3.05) is 0 Å². The van der Waals surface area contributed by atoms with Crippen molar-refractivity contribution >= 4 is 35.0 Å². The van der Waals surface area contributed by atoms with Crippen molar-refractivity contribution in [3.05, 3.63) is 71.4 Å². The van der Waals surface area contributed by atoms with Crippen LogP contribution in [0.25, 0.3) is 10.9 Å². The number of aldehydes is 1. The van der Waals surface area contributed by atoms with Crippen molar-refractivity contribution in [1.29, 1.82) is 0 Å². The zero-order valence-electron chi connectivity index (χ0n) is 16.9. The Kier molecular flexibility index (Phi) is 6.81. The molecule has 3 aromatic rings. The lowest BCUT2D eigenvalue weighted by Gasteiger charge is -2.17. The van der Waals surface area contributed by atoms with E-state index in [2.05, 4.69) is 15.6 Å². The van der Waals surface area contributed by atoms with Gasteiger partial charge in [0.15, 0.2) is 0 Å². The number of carbonyl (C=O) groups excluding carboxylic acids is 3. The van der Waals surface area contributed by atoms with Crippen molar-refractivity contribution in [3.63, 3.8) is 0 Å². The van der Waals surface area contributed by atoms with Crippen LogP contribution in [0.3, 0.4) is 0 Å². The number of aromatic amines is 1. The molecule has 0 aliphatic rings. The molecule has 0 aliphatic carbocycles. The number of H-pyrrole nitrogens is 1. The highest BCUT2D eigenvalue weighted by Crippen LogP contribution is 2.25. The lowest BCUT2D eigenvalue weighted by Crippen LogP contribution is -2.49. The van der Waals surface area contributed by atoms with Gasteiger partial charge in [0.25, 0.3) is 5.91 Å². The van der Waals surface area contributed by atoms with Gasteiger partial charge in [-0.3, -0.25) is 14.4 Å². The Hall–Kier alpha value is -3.94. The number of carboxylic acid groups (broad SMARTS) is 1. The summed E-state index contributed by atoms with van der Waals surface area (Å²) in [4.78, 5) is 50.2. The first kappa shape index (κ1) is 21.8. The van der Waals surface area contributed by atoms with E-state index in [9.17, 15) is 19.2 Å². The topological polar surface area (TPSA) is 128 Å². The van der Waals surface area contributed by atoms with Gasteiger partial charge >= 0.3 is 5.97 Å². The number of nitrogens with one attached hydrogen (secondary N) is 3. The van der Waals surface area contributed by atoms with Crippen molar-refractivity contribution in [2.24, 2.45) is 0 Å². The average Bonchev–Trinajstić information content (AvgIpc) is 3.12. The fourth-order valence-electron chi connectivity index (χ4n) is 3.34. The predicted octanol–water partition coefficient (Wildman–Crippen LogP) is 2.04. The zero-order chi connectivity index (χ0) is 22.4. The van der Waals surface area contributed by atoms with Gasteiger partial charge in [-0.25, -0.2) is 0 Å². The minimum Gasteiger partial charge on any atom is -0.481 e. The van der Waals surface area contributed by atoms with E-state index in [4.69, 9.17) is 5.11 Å². The SMILES string of the molecule is C[C@H](NC(=O)c1[nH]c2ccccc2c1Cc1ccccc1)C(=O)N[C@H](C=O)CC(=O)O. The third-order valence-corrected chi connectivity index (χ3v) is 4.89. The van der Waals surface area contributed by atoms with Crippen LogP contribution in [0.1, 0.15) is 35.0 Å². The van der Waals surface area contributed by atoms with E-state index in [-0.39, 0.29) is 0 Å². The van der Waals surface area contributed by atoms with E-state index in [0.29, 0.717) is 18.4 Å². The Bertz CT molecular complexity index is 1110. The molecule has 0 fully saturated rings. The Morgan fingerprint density at radius 2 is 1.71 bits per heavy atom. The maximum absolute atomic E-state index is 13.0. The van der Waals surface area contributed by atoms with Gasteiger partial charge in [-0.1, -0.05) is 48.5 Å². The molecule has 2 aromatic carbocycles. The summed E-state index contributed by atoms with van der Waals surface area (Å²) in [6.45, 7) is 1.47. The average molecular weight is 421 g/mol. The molecule has 4 N–H and O–H groups in total. The molecule has 2 atom stereocenters. The smallest absolute Gasteiger partial charge is 0.305 e. The van der Waals surface area contributed by atoms with Crippen LogP contribution in [-0.4, -0.2) is 46.2 Å². The van der Waals surface area contributed by atoms with Gasteiger partial charge in [-0.15, -0.1) is 0 Å². The summed E-state index contributed by atoms with van der Waals surface area (Å²) in [5.41, 5.74) is 3.00. The second kappa shape index (κ2) is 9.71. The van der Waals surface area contributed by atoms with Gasteiger partial charge in [0.05, 0.1) is 12.5 Å². The number of amides is 2. The Morgan fingerprint density at radius 3 is 2.39 bits per heavy atom. The van der Waals surface area contributed by atoms with Crippen LogP contribution >= 0.6 is 0 Å². The van der Waals surface area contributed by atoms with E-state index >= 15 is 0 Å². The van der Waals surface area contributed by atoms with Gasteiger partial charge in [0.2, 0.25) is 5.91 Å². The molecule has 0 radical (unpaired) electrons. The number of para-hydroxylation sites is 1. The molecule has 0 saturated heterocycles. The number of fused-ring (bicyclic) bond motifs is 1. The van der Waals surface area contributed by atoms with E-state index in [1.165, 1.54) is 6.92 Å². The van der Waals surface area contributed by atoms with Crippen LogP contribution < -0.4 is 10.6 Å². The van der Waals surface area contributed by atoms with Crippen LogP contribution in [0.15, 0.2) is 54.6 Å². The summed E-state index contributed by atoms with van der Waals surface area (Å²) >= 11 is 0. The first-order chi connectivity index (χ1) is 14.9. The minimum atomic E-state index is -1.21. The van der Waals surface area contributed by atoms with Gasteiger partial charge in [0.1, 0.15) is 18.0 Å². The van der Waals surface area contributed by atoms with Gasteiger partial charge in [0, 0.05) is 17.3 Å². The first-order valence-electron chi connectivity index (χ1n) is 9.81. The summed E-state index contributed by atoms with van der Waals surface area (Å²) < 4.78 is 0. The van der Waals surface area contributed by atoms with Crippen molar-refractivity contribution in [3.8, 4) is 0 Å². The molecule has 160 valence electrons. The molecule has 0 bridgehead atoms. The van der Waals surface area contributed by atoms with Crippen LogP contribution in [-0.2, 0) is 20.8 Å². The van der Waals surface area contributed by atoms with E-state index in [1.54, 1.807) is 0 Å². The highest BCUT2D eigenvalue weighted by molar-refractivity contribution is 6.03. The molecule has 0 spiro atoms. The number of aromatic nitrogens is 1. The summed E-state index contributed by atoms with van der Waals surface area (Å²) in [6.07, 6.45) is 0.357. The molecule has 31 heavy (non-hydrogen) atoms. The van der Waals surface area contributed by atoms with Crippen LogP contribution in [0.2, 0.25) is 0 Å². The molecule has 0 unspecified atom stereocenters. The molecule has 1 aromatic heterocycles. The Morgan fingerprint density at radius 1 is 1.03 bits per heavy atom. The lowest BCUT2D eigenvalue weighted by atomic mass is 10.0. The standard InChI is InChI=1S/C23H23N3O5/c1-14(22(30)25-16(13-27)12-20(28)29)24-23(31)21-18(11-15-7-3-2-4-8-15)17-9-5-6-10-19(17)26-21/h2-10,13-14,16,26H,11-12H2,1H3,(H,24,31)(H,25,30)(H,28,29)/t14-,16-/m0/s1. The van der Waals surface area contributed by atoms with Crippen molar-refractivity contribution in [1.82, 2.24) is 15.6 Å². The number of benzene rings is 2. The highest BCUT2D eigenvalue weighted by atomic mass is 16.4. The van der Waals surface area contributed by atoms with Crippen LogP contribution in [0.4, 0.5) is 0 Å². The quantitative estimate of drug-likeness (QED) is 0.393. The number of carbonyl (C=O) groups is 4. The maximum Gasteiger partial charge on any atom is 0.305 e. The van der Waals surface area contributed by atoms with Gasteiger partial charge < -0.3 is 25.5 Å². The summed E-state index contributed by atoms with van der Waals surface area (Å²) in [7, 11) is 0. The van der Waals surface area contributed by atoms with Crippen molar-refractivity contribution in [2.45, 2.75) is 31.8 Å². The minimum absolute atomic E-state index is 0.349. The van der Waals surface area contributed by atoms with Crippen LogP contribution in [0, 0.1) is 0 Å². The Labute approximate surface area is 178 Å².